The van der Waals surface area contributed by atoms with Gasteiger partial charge in [0.2, 0.25) is 5.88 Å². The molecule has 0 atom stereocenters. The van der Waals surface area contributed by atoms with Crippen LogP contribution in [-0.2, 0) is 0 Å². The lowest BCUT2D eigenvalue weighted by molar-refractivity contribution is 0.104. The quantitative estimate of drug-likeness (QED) is 0.167. The second-order valence-corrected chi connectivity index (χ2v) is 6.67. The number of hydrogen-bond acceptors (Lipinski definition) is 4. The van der Waals surface area contributed by atoms with Gasteiger partial charge >= 0.3 is 0 Å². The molecule has 1 aromatic heterocycles. The fraction of sp³-hybridized carbons (Fsp3) is 0.455. The Kier molecular flexibility index (Phi) is 11.0. The molecule has 0 aliphatic carbocycles. The molecular formula is C22H32N2O2. The maximum absolute atomic E-state index is 12.0. The minimum atomic E-state index is -0.0528. The summed E-state index contributed by atoms with van der Waals surface area (Å²) < 4.78 is 5.65. The maximum Gasteiger partial charge on any atom is 0.213 e. The summed E-state index contributed by atoms with van der Waals surface area (Å²) in [4.78, 5) is 18.5. The van der Waals surface area contributed by atoms with E-state index in [2.05, 4.69) is 23.5 Å². The number of ether oxygens (including phenoxy) is 1. The molecule has 0 fully saturated rings. The van der Waals surface area contributed by atoms with Gasteiger partial charge in [-0.05, 0) is 52.4 Å². The molecule has 0 radical (unpaired) electrons. The lowest BCUT2D eigenvalue weighted by Crippen LogP contribution is -2.19. The Morgan fingerprint density at radius 2 is 2.00 bits per heavy atom. The Bertz CT molecular complexity index is 599. The fourth-order valence-corrected chi connectivity index (χ4v) is 2.36. The Hall–Kier alpha value is -2.20. The first-order valence-corrected chi connectivity index (χ1v) is 9.27. The smallest absolute Gasteiger partial charge is 0.213 e. The average molecular weight is 357 g/mol. The molecule has 1 heterocycles. The number of rotatable bonds is 13. The first-order chi connectivity index (χ1) is 12.5. The molecule has 0 N–H and O–H groups in total. The predicted molar refractivity (Wildman–Crippen MR) is 109 cm³/mol. The van der Waals surface area contributed by atoms with Gasteiger partial charge in [0.15, 0.2) is 5.78 Å². The first-order valence-electron chi connectivity index (χ1n) is 9.27. The second-order valence-electron chi connectivity index (χ2n) is 6.67. The highest BCUT2D eigenvalue weighted by Crippen LogP contribution is 2.10. The monoisotopic (exact) mass is 356 g/mol. The van der Waals surface area contributed by atoms with Crippen molar-refractivity contribution in [1.82, 2.24) is 9.88 Å². The number of allylic oxidation sites excluding steroid dienone is 4. The van der Waals surface area contributed by atoms with Crippen LogP contribution < -0.4 is 4.74 Å². The van der Waals surface area contributed by atoms with Gasteiger partial charge in [-0.15, -0.1) is 6.58 Å². The van der Waals surface area contributed by atoms with Crippen molar-refractivity contribution in [2.75, 3.05) is 26.7 Å². The van der Waals surface area contributed by atoms with E-state index in [-0.39, 0.29) is 5.78 Å². The van der Waals surface area contributed by atoms with Gasteiger partial charge in [0, 0.05) is 24.4 Å². The largest absolute Gasteiger partial charge is 0.478 e. The van der Waals surface area contributed by atoms with E-state index >= 15 is 0 Å². The van der Waals surface area contributed by atoms with E-state index in [1.807, 2.05) is 26.0 Å². The molecule has 0 bridgehead atoms. The van der Waals surface area contributed by atoms with Gasteiger partial charge in [0.25, 0.3) is 0 Å². The number of carbonyl (C=O) groups is 1. The highest BCUT2D eigenvalue weighted by molar-refractivity contribution is 6.04. The van der Waals surface area contributed by atoms with Crippen molar-refractivity contribution in [2.45, 2.75) is 39.5 Å². The van der Waals surface area contributed by atoms with Gasteiger partial charge in [-0.2, -0.15) is 0 Å². The molecule has 0 amide bonds. The molecule has 0 saturated heterocycles. The van der Waals surface area contributed by atoms with Crippen LogP contribution >= 0.6 is 0 Å². The standard InChI is InChI=1S/C22H32N2O2/c1-5-15-24(4)16-8-6-7-9-17-26-22-14-13-20(18-23-22)21(25)12-10-11-19(2)3/h5,10-14,18H,1,6-9,15-17H2,2-4H3/b12-10+. The average Bonchev–Trinajstić information content (AvgIpc) is 2.61. The van der Waals surface area contributed by atoms with Crippen molar-refractivity contribution in [1.29, 1.82) is 0 Å². The van der Waals surface area contributed by atoms with E-state index in [4.69, 9.17) is 4.74 Å². The lowest BCUT2D eigenvalue weighted by Gasteiger charge is -2.13. The van der Waals surface area contributed by atoms with Crippen LogP contribution in [-0.4, -0.2) is 42.4 Å². The highest BCUT2D eigenvalue weighted by atomic mass is 16.5. The number of hydrogen-bond donors (Lipinski definition) is 0. The van der Waals surface area contributed by atoms with Crippen molar-refractivity contribution < 1.29 is 9.53 Å². The van der Waals surface area contributed by atoms with Gasteiger partial charge in [0.05, 0.1) is 6.61 Å². The Morgan fingerprint density at radius 1 is 1.23 bits per heavy atom. The van der Waals surface area contributed by atoms with Crippen LogP contribution in [0.2, 0.25) is 0 Å². The molecule has 142 valence electrons. The summed E-state index contributed by atoms with van der Waals surface area (Å²) in [7, 11) is 2.11. The number of carbonyl (C=O) groups excluding carboxylic acids is 1. The minimum Gasteiger partial charge on any atom is -0.478 e. The van der Waals surface area contributed by atoms with Crippen LogP contribution in [0, 0.1) is 0 Å². The number of likely N-dealkylation sites (N-methyl/N-ethyl adjacent to an activating group) is 1. The van der Waals surface area contributed by atoms with Crippen LogP contribution in [0.25, 0.3) is 0 Å². The van der Waals surface area contributed by atoms with E-state index in [0.717, 1.165) is 31.5 Å². The second kappa shape index (κ2) is 13.1. The van der Waals surface area contributed by atoms with Crippen LogP contribution in [0.4, 0.5) is 0 Å². The third-order valence-electron chi connectivity index (χ3n) is 3.82. The molecule has 1 rings (SSSR count). The normalized spacial score (nSPS) is 10.9. The van der Waals surface area contributed by atoms with Crippen molar-refractivity contribution in [3.8, 4) is 5.88 Å². The van der Waals surface area contributed by atoms with Gasteiger partial charge < -0.3 is 9.64 Å². The Balaban J connectivity index is 2.22. The van der Waals surface area contributed by atoms with E-state index in [0.29, 0.717) is 18.1 Å². The molecule has 1 aromatic rings. The van der Waals surface area contributed by atoms with Crippen molar-refractivity contribution in [3.05, 3.63) is 60.3 Å². The molecule has 0 saturated carbocycles. The number of unbranched alkanes of at least 4 members (excludes halogenated alkanes) is 3. The van der Waals surface area contributed by atoms with E-state index in [1.165, 1.54) is 12.8 Å². The Labute approximate surface area is 158 Å². The van der Waals surface area contributed by atoms with Gasteiger partial charge in [-0.1, -0.05) is 36.6 Å². The van der Waals surface area contributed by atoms with E-state index < -0.39 is 0 Å². The van der Waals surface area contributed by atoms with Crippen molar-refractivity contribution in [3.63, 3.8) is 0 Å². The van der Waals surface area contributed by atoms with E-state index in [1.54, 1.807) is 30.5 Å². The molecule has 0 spiro atoms. The number of ketones is 1. The van der Waals surface area contributed by atoms with Crippen LogP contribution in [0.1, 0.15) is 49.9 Å². The third kappa shape index (κ3) is 9.94. The van der Waals surface area contributed by atoms with Gasteiger partial charge in [-0.25, -0.2) is 4.98 Å². The maximum atomic E-state index is 12.0. The number of aromatic nitrogens is 1. The summed E-state index contributed by atoms with van der Waals surface area (Å²) in [5, 5.41) is 0. The van der Waals surface area contributed by atoms with Crippen LogP contribution in [0.3, 0.4) is 0 Å². The lowest BCUT2D eigenvalue weighted by atomic mass is 10.1. The Morgan fingerprint density at radius 3 is 2.65 bits per heavy atom. The predicted octanol–water partition coefficient (Wildman–Crippen LogP) is 4.84. The molecule has 0 aromatic carbocycles. The number of nitrogens with zero attached hydrogens (tertiary/aromatic N) is 2. The molecule has 0 aliphatic rings. The molecule has 4 nitrogen and oxygen atoms in total. The SMILES string of the molecule is C=CCN(C)CCCCCCOc1ccc(C(=O)/C=C/C=C(C)C)cn1. The highest BCUT2D eigenvalue weighted by Gasteiger charge is 2.03. The van der Waals surface area contributed by atoms with Crippen LogP contribution in [0.5, 0.6) is 5.88 Å². The summed E-state index contributed by atoms with van der Waals surface area (Å²) in [6.45, 7) is 10.4. The first kappa shape index (κ1) is 21.8. The summed E-state index contributed by atoms with van der Waals surface area (Å²) in [5.74, 6) is 0.517. The molecule has 0 unspecified atom stereocenters. The van der Waals surface area contributed by atoms with Gasteiger partial charge in [-0.3, -0.25) is 4.79 Å². The third-order valence-corrected chi connectivity index (χ3v) is 3.82. The van der Waals surface area contributed by atoms with Gasteiger partial charge in [0.1, 0.15) is 0 Å². The van der Waals surface area contributed by atoms with Crippen molar-refractivity contribution >= 4 is 5.78 Å². The summed E-state index contributed by atoms with van der Waals surface area (Å²) >= 11 is 0. The molecule has 26 heavy (non-hydrogen) atoms. The zero-order chi connectivity index (χ0) is 19.2. The van der Waals surface area contributed by atoms with Crippen LogP contribution in [0.15, 0.2) is 54.8 Å². The molecular weight excluding hydrogens is 324 g/mol. The fourth-order valence-electron chi connectivity index (χ4n) is 2.36. The zero-order valence-corrected chi connectivity index (χ0v) is 16.4. The minimum absolute atomic E-state index is 0.0528. The summed E-state index contributed by atoms with van der Waals surface area (Å²) in [6, 6.07) is 3.51. The van der Waals surface area contributed by atoms with E-state index in [9.17, 15) is 4.79 Å². The zero-order valence-electron chi connectivity index (χ0n) is 16.4. The number of pyridine rings is 1. The topological polar surface area (TPSA) is 42.4 Å². The summed E-state index contributed by atoms with van der Waals surface area (Å²) in [5.41, 5.74) is 1.72. The van der Waals surface area contributed by atoms with Crippen molar-refractivity contribution in [2.24, 2.45) is 0 Å². The summed E-state index contributed by atoms with van der Waals surface area (Å²) in [6.07, 6.45) is 13.3. The molecule has 0 aliphatic heterocycles. The molecule has 4 heteroatoms.